The summed E-state index contributed by atoms with van der Waals surface area (Å²) < 4.78 is 0. The summed E-state index contributed by atoms with van der Waals surface area (Å²) in [6.07, 6.45) is 36.2. The van der Waals surface area contributed by atoms with E-state index in [2.05, 4.69) is 78.8 Å². The maximum Gasteiger partial charge on any atom is 0.136 e. The first-order chi connectivity index (χ1) is 24.3. The van der Waals surface area contributed by atoms with E-state index in [9.17, 15) is 9.90 Å². The molecule has 0 radical (unpaired) electrons. The van der Waals surface area contributed by atoms with Crippen LogP contribution >= 0.6 is 0 Å². The number of Topliss-reactive ketones (excluding diaryl/α,β-unsaturated/α-hetero) is 1. The summed E-state index contributed by atoms with van der Waals surface area (Å²) in [6, 6.07) is 0. The van der Waals surface area contributed by atoms with Gasteiger partial charge < -0.3 is 10.2 Å². The maximum absolute atomic E-state index is 13.9. The number of ketones is 1. The van der Waals surface area contributed by atoms with Crippen LogP contribution in [-0.2, 0) is 4.79 Å². The Morgan fingerprint density at radius 3 is 2.10 bits per heavy atom. The van der Waals surface area contributed by atoms with Crippen LogP contribution in [0.4, 0.5) is 0 Å². The van der Waals surface area contributed by atoms with E-state index in [1.165, 1.54) is 89.9 Å². The molecule has 2 N–H and O–H groups in total. The van der Waals surface area contributed by atoms with E-state index in [1.807, 2.05) is 0 Å². The van der Waals surface area contributed by atoms with Crippen LogP contribution in [0.5, 0.6) is 0 Å². The quantitative estimate of drug-likeness (QED) is 0.117. The number of hydrogen-bond donors (Lipinski definition) is 2. The van der Waals surface area contributed by atoms with E-state index in [0.717, 1.165) is 50.9 Å². The molecule has 3 heteroatoms. The molecule has 290 valence electrons. The van der Waals surface area contributed by atoms with Gasteiger partial charge in [0.05, 0.1) is 0 Å². The molecule has 0 amide bonds. The van der Waals surface area contributed by atoms with Gasteiger partial charge in [-0.2, -0.15) is 0 Å². The molecule has 0 heterocycles. The second-order valence-corrected chi connectivity index (χ2v) is 20.1. The summed E-state index contributed by atoms with van der Waals surface area (Å²) >= 11 is 0. The lowest BCUT2D eigenvalue weighted by molar-refractivity contribution is -0.196. The van der Waals surface area contributed by atoms with Crippen molar-refractivity contribution in [1.82, 2.24) is 0 Å². The Morgan fingerprint density at radius 1 is 0.745 bits per heavy atom. The van der Waals surface area contributed by atoms with Crippen LogP contribution in [0.2, 0.25) is 0 Å². The third kappa shape index (κ3) is 7.84. The van der Waals surface area contributed by atoms with Gasteiger partial charge in [-0.05, 0) is 154 Å². The van der Waals surface area contributed by atoms with Gasteiger partial charge in [0.1, 0.15) is 5.78 Å². The zero-order chi connectivity index (χ0) is 36.9. The highest BCUT2D eigenvalue weighted by Crippen LogP contribution is 2.76. The van der Waals surface area contributed by atoms with Gasteiger partial charge >= 0.3 is 0 Å². The van der Waals surface area contributed by atoms with Crippen molar-refractivity contribution < 1.29 is 15.0 Å². The average Bonchev–Trinajstić information content (AvgIpc) is 3.09. The monoisotopic (exact) mass is 705 g/mol. The van der Waals surface area contributed by atoms with Gasteiger partial charge in [0.2, 0.25) is 0 Å². The van der Waals surface area contributed by atoms with Crippen molar-refractivity contribution in [2.24, 2.45) is 62.6 Å². The molecule has 0 aromatic heterocycles. The highest BCUT2D eigenvalue weighted by Gasteiger charge is 2.68. The molecular formula is C48H80O3. The molecule has 4 fully saturated rings. The standard InChI is InChI=1S/C48H80O3/c1-36-26-31-48(35-50)33-32-46(6)39(43(48)37(36)2)24-25-42-45(5)29-27-38(44(3,4)41(45)28-30-47(42,46)7)40(51)23-21-19-17-15-13-11-9-8-10-12-14-16-18-20-22-34-49/h8-9,12,14,24,36-38,41-43,49-50H,10-11,13,15-23,25-35H2,1-7H3/b9-8-,14-12-/t36-,37+,38-,41+,42-,43+,45+,46-,47-,48-/m1/s1. The second kappa shape index (κ2) is 17.1. The zero-order valence-electron chi connectivity index (χ0n) is 34.4. The number of rotatable bonds is 17. The van der Waals surface area contributed by atoms with Gasteiger partial charge in [0.15, 0.2) is 0 Å². The van der Waals surface area contributed by atoms with Crippen molar-refractivity contribution in [3.05, 3.63) is 36.0 Å². The molecule has 10 atom stereocenters. The summed E-state index contributed by atoms with van der Waals surface area (Å²) in [7, 11) is 0. The van der Waals surface area contributed by atoms with Crippen LogP contribution in [0, 0.1) is 62.6 Å². The number of unbranched alkanes of at least 4 members (excludes halogenated alkanes) is 8. The number of allylic oxidation sites excluding steroid dienone is 6. The lowest BCUT2D eigenvalue weighted by atomic mass is 9.33. The minimum absolute atomic E-state index is 0.0592. The third-order valence-corrected chi connectivity index (χ3v) is 17.3. The third-order valence-electron chi connectivity index (χ3n) is 17.3. The largest absolute Gasteiger partial charge is 0.396 e. The molecule has 51 heavy (non-hydrogen) atoms. The Hall–Kier alpha value is -1.19. The molecule has 0 bridgehead atoms. The number of carbonyl (C=O) groups is 1. The second-order valence-electron chi connectivity index (χ2n) is 20.1. The smallest absolute Gasteiger partial charge is 0.136 e. The predicted molar refractivity (Wildman–Crippen MR) is 215 cm³/mol. The van der Waals surface area contributed by atoms with Gasteiger partial charge in [0, 0.05) is 31.0 Å². The molecule has 0 aliphatic heterocycles. The summed E-state index contributed by atoms with van der Waals surface area (Å²) in [5.74, 6) is 3.97. The highest BCUT2D eigenvalue weighted by molar-refractivity contribution is 5.82. The Balaban J connectivity index is 1.12. The average molecular weight is 705 g/mol. The molecule has 0 spiro atoms. The number of aliphatic hydroxyl groups is 2. The van der Waals surface area contributed by atoms with Crippen molar-refractivity contribution >= 4 is 5.78 Å². The fraction of sp³-hybridized carbons (Fsp3) is 0.854. The van der Waals surface area contributed by atoms with E-state index in [-0.39, 0.29) is 33.0 Å². The number of hydrogen-bond acceptors (Lipinski definition) is 3. The molecule has 0 aromatic rings. The summed E-state index contributed by atoms with van der Waals surface area (Å²) in [5.41, 5.74) is 2.67. The van der Waals surface area contributed by atoms with E-state index < -0.39 is 0 Å². The van der Waals surface area contributed by atoms with Crippen LogP contribution in [0.1, 0.15) is 183 Å². The van der Waals surface area contributed by atoms with E-state index >= 15 is 0 Å². The Labute approximate surface area is 315 Å². The van der Waals surface area contributed by atoms with Crippen molar-refractivity contribution in [3.8, 4) is 0 Å². The normalized spacial score (nSPS) is 40.4. The molecule has 0 unspecified atom stereocenters. The van der Waals surface area contributed by atoms with Crippen LogP contribution < -0.4 is 0 Å². The van der Waals surface area contributed by atoms with Crippen LogP contribution in [-0.4, -0.2) is 29.2 Å². The maximum atomic E-state index is 13.9. The van der Waals surface area contributed by atoms with Gasteiger partial charge in [-0.3, -0.25) is 4.79 Å². The summed E-state index contributed by atoms with van der Waals surface area (Å²) in [6.45, 7) is 18.6. The Kier molecular flexibility index (Phi) is 13.7. The molecule has 5 rings (SSSR count). The number of fused-ring (bicyclic) bond motifs is 7. The van der Waals surface area contributed by atoms with Gasteiger partial charge in [-0.15, -0.1) is 0 Å². The van der Waals surface area contributed by atoms with E-state index in [0.29, 0.717) is 42.7 Å². The molecule has 3 nitrogen and oxygen atoms in total. The van der Waals surface area contributed by atoms with Crippen molar-refractivity contribution in [2.75, 3.05) is 13.2 Å². The SMILES string of the molecule is C[C@H]1[C@H](C)CC[C@]2(CO)CC[C@]3(C)C(=CC[C@@H]4[C@@]5(C)CC[C@H](C(=O)CCCCCCC/C=C\C/C=C\CCCCCO)C(C)(C)[C@@H]5CC[C@]43C)[C@H]12. The first-order valence-corrected chi connectivity index (χ1v) is 22.1. The molecule has 0 aromatic carbocycles. The Bertz CT molecular complexity index is 1240. The fourth-order valence-electron chi connectivity index (χ4n) is 13.8. The van der Waals surface area contributed by atoms with Crippen molar-refractivity contribution in [2.45, 2.75) is 183 Å². The molecule has 4 saturated carbocycles. The summed E-state index contributed by atoms with van der Waals surface area (Å²) in [4.78, 5) is 13.9. The van der Waals surface area contributed by atoms with Crippen molar-refractivity contribution in [1.29, 1.82) is 0 Å². The first kappa shape index (κ1) is 41.0. The van der Waals surface area contributed by atoms with Crippen LogP contribution in [0.15, 0.2) is 36.0 Å². The molecule has 0 saturated heterocycles. The van der Waals surface area contributed by atoms with Gasteiger partial charge in [-0.25, -0.2) is 0 Å². The first-order valence-electron chi connectivity index (χ1n) is 22.1. The lowest BCUT2D eigenvalue weighted by Crippen LogP contribution is -2.65. The van der Waals surface area contributed by atoms with Gasteiger partial charge in [-0.1, -0.05) is 110 Å². The fourth-order valence-corrected chi connectivity index (χ4v) is 13.8. The number of aliphatic hydroxyl groups excluding tert-OH is 2. The van der Waals surface area contributed by atoms with E-state index in [1.54, 1.807) is 5.57 Å². The lowest BCUT2D eigenvalue weighted by Gasteiger charge is -2.71. The Morgan fingerprint density at radius 2 is 1.41 bits per heavy atom. The molecular weight excluding hydrogens is 625 g/mol. The minimum Gasteiger partial charge on any atom is -0.396 e. The number of carbonyl (C=O) groups excluding carboxylic acids is 1. The van der Waals surface area contributed by atoms with Crippen molar-refractivity contribution in [3.63, 3.8) is 0 Å². The van der Waals surface area contributed by atoms with E-state index in [4.69, 9.17) is 5.11 Å². The molecule has 5 aliphatic rings. The topological polar surface area (TPSA) is 57.5 Å². The van der Waals surface area contributed by atoms with Gasteiger partial charge in [0.25, 0.3) is 0 Å². The zero-order valence-corrected chi connectivity index (χ0v) is 34.4. The minimum atomic E-state index is 0.0592. The van der Waals surface area contributed by atoms with Crippen LogP contribution in [0.3, 0.4) is 0 Å². The summed E-state index contributed by atoms with van der Waals surface area (Å²) in [5, 5.41) is 19.7. The predicted octanol–water partition coefficient (Wildman–Crippen LogP) is 12.6. The molecule has 5 aliphatic carbocycles. The highest BCUT2D eigenvalue weighted by atomic mass is 16.3. The van der Waals surface area contributed by atoms with Crippen LogP contribution in [0.25, 0.3) is 0 Å².